The van der Waals surface area contributed by atoms with Crippen molar-refractivity contribution in [1.29, 1.82) is 0 Å². The normalized spacial score (nSPS) is 11.9. The van der Waals surface area contributed by atoms with Crippen molar-refractivity contribution in [2.45, 2.75) is 27.2 Å². The maximum Gasteiger partial charge on any atom is 0.140 e. The molecule has 18 heavy (non-hydrogen) atoms. The fourth-order valence-corrected chi connectivity index (χ4v) is 1.48. The predicted octanol–water partition coefficient (Wildman–Crippen LogP) is 2.68. The highest BCUT2D eigenvalue weighted by atomic mass is 16.5. The molecule has 0 radical (unpaired) electrons. The standard InChI is InChI=1S/C14H21N3O/c1-5-7-8-16-14(15-6-2)12-9-13(18-4)11(3)17-10-12/h7-10H,5-6H2,1-4H3,(H,15,16)/b8-7-. The molecule has 0 saturated carbocycles. The SMILES string of the molecule is CC/C=C\NC(=NCC)c1cnc(C)c(OC)c1. The number of hydrogen-bond acceptors (Lipinski definition) is 3. The van der Waals surface area contributed by atoms with Crippen LogP contribution in [0.15, 0.2) is 29.5 Å². The van der Waals surface area contributed by atoms with Gasteiger partial charge in [-0.25, -0.2) is 0 Å². The Kier molecular flexibility index (Phi) is 5.91. The molecule has 1 rings (SSSR count). The molecule has 0 fully saturated rings. The number of hydrogen-bond donors (Lipinski definition) is 1. The summed E-state index contributed by atoms with van der Waals surface area (Å²) in [5, 5.41) is 3.18. The molecule has 0 bridgehead atoms. The lowest BCUT2D eigenvalue weighted by molar-refractivity contribution is 0.409. The number of ether oxygens (including phenoxy) is 1. The molecule has 0 aliphatic carbocycles. The maximum absolute atomic E-state index is 5.28. The van der Waals surface area contributed by atoms with Crippen LogP contribution < -0.4 is 10.1 Å². The number of amidine groups is 1. The molecule has 0 atom stereocenters. The highest BCUT2D eigenvalue weighted by Crippen LogP contribution is 2.16. The first-order valence-corrected chi connectivity index (χ1v) is 6.19. The predicted molar refractivity (Wildman–Crippen MR) is 75.2 cm³/mol. The van der Waals surface area contributed by atoms with Gasteiger partial charge in [0.2, 0.25) is 0 Å². The number of nitrogens with zero attached hydrogens (tertiary/aromatic N) is 2. The number of rotatable bonds is 5. The van der Waals surface area contributed by atoms with E-state index in [0.717, 1.165) is 35.8 Å². The van der Waals surface area contributed by atoms with Gasteiger partial charge in [-0.15, -0.1) is 0 Å². The van der Waals surface area contributed by atoms with Crippen molar-refractivity contribution in [3.05, 3.63) is 35.8 Å². The lowest BCUT2D eigenvalue weighted by Gasteiger charge is -2.09. The van der Waals surface area contributed by atoms with Gasteiger partial charge in [0.15, 0.2) is 0 Å². The van der Waals surface area contributed by atoms with Gasteiger partial charge in [-0.1, -0.05) is 13.0 Å². The van der Waals surface area contributed by atoms with E-state index >= 15 is 0 Å². The fraction of sp³-hybridized carbons (Fsp3) is 0.429. The highest BCUT2D eigenvalue weighted by Gasteiger charge is 2.06. The molecule has 1 aromatic heterocycles. The summed E-state index contributed by atoms with van der Waals surface area (Å²) in [6.45, 7) is 6.73. The minimum absolute atomic E-state index is 0.721. The van der Waals surface area contributed by atoms with Crippen molar-refractivity contribution < 1.29 is 4.74 Å². The van der Waals surface area contributed by atoms with Gasteiger partial charge in [0.1, 0.15) is 11.6 Å². The van der Waals surface area contributed by atoms with Gasteiger partial charge in [-0.3, -0.25) is 9.98 Å². The van der Waals surface area contributed by atoms with E-state index in [1.165, 1.54) is 0 Å². The second-order valence-corrected chi connectivity index (χ2v) is 3.79. The van der Waals surface area contributed by atoms with Crippen molar-refractivity contribution in [2.75, 3.05) is 13.7 Å². The number of aliphatic imine (C=N–C) groups is 1. The fourth-order valence-electron chi connectivity index (χ4n) is 1.48. The summed E-state index contributed by atoms with van der Waals surface area (Å²) < 4.78 is 5.28. The molecule has 1 N–H and O–H groups in total. The topological polar surface area (TPSA) is 46.5 Å². The summed E-state index contributed by atoms with van der Waals surface area (Å²) in [6.07, 6.45) is 6.74. The van der Waals surface area contributed by atoms with Gasteiger partial charge in [-0.2, -0.15) is 0 Å². The molecule has 1 heterocycles. The van der Waals surface area contributed by atoms with E-state index in [9.17, 15) is 0 Å². The van der Waals surface area contributed by atoms with E-state index in [1.807, 2.05) is 32.2 Å². The van der Waals surface area contributed by atoms with Crippen molar-refractivity contribution in [1.82, 2.24) is 10.3 Å². The van der Waals surface area contributed by atoms with Gasteiger partial charge in [0.25, 0.3) is 0 Å². The summed E-state index contributed by atoms with van der Waals surface area (Å²) in [5.74, 6) is 1.59. The quantitative estimate of drug-likeness (QED) is 0.642. The zero-order valence-corrected chi connectivity index (χ0v) is 11.5. The van der Waals surface area contributed by atoms with Crippen molar-refractivity contribution >= 4 is 5.84 Å². The Morgan fingerprint density at radius 3 is 2.89 bits per heavy atom. The Bertz CT molecular complexity index is 439. The van der Waals surface area contributed by atoms with Crippen LogP contribution >= 0.6 is 0 Å². The molecule has 0 amide bonds. The first kappa shape index (κ1) is 14.2. The lowest BCUT2D eigenvalue weighted by Crippen LogP contribution is -2.19. The third-order valence-electron chi connectivity index (χ3n) is 2.42. The van der Waals surface area contributed by atoms with Gasteiger partial charge < -0.3 is 10.1 Å². The number of aryl methyl sites for hydroxylation is 1. The van der Waals surface area contributed by atoms with Gasteiger partial charge in [0.05, 0.1) is 12.8 Å². The molecular formula is C14H21N3O. The molecule has 4 nitrogen and oxygen atoms in total. The van der Waals surface area contributed by atoms with E-state index < -0.39 is 0 Å². The van der Waals surface area contributed by atoms with Crippen molar-refractivity contribution in [3.63, 3.8) is 0 Å². The monoisotopic (exact) mass is 247 g/mol. The molecule has 0 spiro atoms. The summed E-state index contributed by atoms with van der Waals surface area (Å²) in [4.78, 5) is 8.74. The van der Waals surface area contributed by atoms with Crippen LogP contribution in [0.3, 0.4) is 0 Å². The number of pyridine rings is 1. The smallest absolute Gasteiger partial charge is 0.140 e. The third-order valence-corrected chi connectivity index (χ3v) is 2.42. The second-order valence-electron chi connectivity index (χ2n) is 3.79. The third kappa shape index (κ3) is 3.87. The van der Waals surface area contributed by atoms with Crippen LogP contribution in [0, 0.1) is 6.92 Å². The molecule has 0 aliphatic heterocycles. The van der Waals surface area contributed by atoms with Gasteiger partial charge >= 0.3 is 0 Å². The van der Waals surface area contributed by atoms with Gasteiger partial charge in [-0.05, 0) is 32.5 Å². The van der Waals surface area contributed by atoms with Crippen molar-refractivity contribution in [3.8, 4) is 5.75 Å². The molecular weight excluding hydrogens is 226 g/mol. The summed E-state index contributed by atoms with van der Waals surface area (Å²) in [7, 11) is 1.65. The maximum atomic E-state index is 5.28. The van der Waals surface area contributed by atoms with Crippen LogP contribution in [0.5, 0.6) is 5.75 Å². The molecule has 0 aromatic carbocycles. The number of nitrogens with one attached hydrogen (secondary N) is 1. The van der Waals surface area contributed by atoms with Crippen molar-refractivity contribution in [2.24, 2.45) is 4.99 Å². The summed E-state index contributed by atoms with van der Waals surface area (Å²) >= 11 is 0. The van der Waals surface area contributed by atoms with Crippen LogP contribution in [0.25, 0.3) is 0 Å². The second kappa shape index (κ2) is 7.48. The molecule has 1 aromatic rings. The van der Waals surface area contributed by atoms with E-state index in [0.29, 0.717) is 0 Å². The Hall–Kier alpha value is -1.84. The van der Waals surface area contributed by atoms with Crippen LogP contribution in [0.1, 0.15) is 31.5 Å². The summed E-state index contributed by atoms with van der Waals surface area (Å²) in [5.41, 5.74) is 1.81. The molecule has 98 valence electrons. The van der Waals surface area contributed by atoms with Crippen LogP contribution in [-0.2, 0) is 0 Å². The minimum atomic E-state index is 0.721. The molecule has 0 saturated heterocycles. The Morgan fingerprint density at radius 1 is 1.50 bits per heavy atom. The zero-order valence-electron chi connectivity index (χ0n) is 11.5. The average Bonchev–Trinajstić information content (AvgIpc) is 2.39. The lowest BCUT2D eigenvalue weighted by atomic mass is 10.2. The van der Waals surface area contributed by atoms with E-state index in [2.05, 4.69) is 22.2 Å². The minimum Gasteiger partial charge on any atom is -0.495 e. The largest absolute Gasteiger partial charge is 0.495 e. The van der Waals surface area contributed by atoms with Gasteiger partial charge in [0, 0.05) is 18.3 Å². The van der Waals surface area contributed by atoms with Crippen LogP contribution in [0.4, 0.5) is 0 Å². The zero-order chi connectivity index (χ0) is 13.4. The van der Waals surface area contributed by atoms with E-state index in [4.69, 9.17) is 4.74 Å². The number of allylic oxidation sites excluding steroid dienone is 1. The Labute approximate surface area is 109 Å². The van der Waals surface area contributed by atoms with E-state index in [1.54, 1.807) is 13.3 Å². The van der Waals surface area contributed by atoms with E-state index in [-0.39, 0.29) is 0 Å². The highest BCUT2D eigenvalue weighted by molar-refractivity contribution is 5.99. The molecule has 0 unspecified atom stereocenters. The first-order valence-electron chi connectivity index (χ1n) is 6.19. The summed E-state index contributed by atoms with van der Waals surface area (Å²) in [6, 6.07) is 1.95. The number of aromatic nitrogens is 1. The average molecular weight is 247 g/mol. The van der Waals surface area contributed by atoms with Crippen LogP contribution in [-0.4, -0.2) is 24.5 Å². The Morgan fingerprint density at radius 2 is 2.28 bits per heavy atom. The molecule has 0 aliphatic rings. The first-order chi connectivity index (χ1) is 8.72. The van der Waals surface area contributed by atoms with Crippen LogP contribution in [0.2, 0.25) is 0 Å². The Balaban J connectivity index is 2.99. The molecule has 4 heteroatoms. The number of methoxy groups -OCH3 is 1.